The Morgan fingerprint density at radius 3 is 2.31 bits per heavy atom. The minimum absolute atomic E-state index is 0.0260. The molecule has 0 aromatic rings. The van der Waals surface area contributed by atoms with Crippen LogP contribution in [0.25, 0.3) is 0 Å². The first-order valence-electron chi connectivity index (χ1n) is 18.3. The minimum Gasteiger partial charge on any atom is -0.457 e. The van der Waals surface area contributed by atoms with Gasteiger partial charge in [0.1, 0.15) is 24.4 Å². The van der Waals surface area contributed by atoms with E-state index in [1.54, 1.807) is 13.8 Å². The van der Waals surface area contributed by atoms with Crippen molar-refractivity contribution in [2.45, 2.75) is 154 Å². The maximum absolute atomic E-state index is 15.0. The van der Waals surface area contributed by atoms with Gasteiger partial charge in [-0.25, -0.2) is 0 Å². The van der Waals surface area contributed by atoms with E-state index in [1.165, 1.54) is 6.92 Å². The van der Waals surface area contributed by atoms with Gasteiger partial charge in [-0.3, -0.25) is 9.59 Å². The molecule has 2 heterocycles. The van der Waals surface area contributed by atoms with Crippen LogP contribution in [0.5, 0.6) is 0 Å². The van der Waals surface area contributed by atoms with Crippen molar-refractivity contribution in [3.63, 3.8) is 0 Å². The summed E-state index contributed by atoms with van der Waals surface area (Å²) in [4.78, 5) is 27.0. The monoisotopic (exact) mass is 678 g/mol. The summed E-state index contributed by atoms with van der Waals surface area (Å²) in [5, 5.41) is 52.6. The van der Waals surface area contributed by atoms with Crippen molar-refractivity contribution in [3.8, 4) is 0 Å². The molecule has 11 heteroatoms. The van der Waals surface area contributed by atoms with Crippen LogP contribution in [0.2, 0.25) is 0 Å². The van der Waals surface area contributed by atoms with Crippen molar-refractivity contribution in [1.29, 1.82) is 0 Å². The molecule has 0 aromatic heterocycles. The SMILES string of the molecule is CC(=O)OC(C1CC(CO)C2C(O1)C(=O)C1(C)C3CCC4C(C)(C)C(OC5OCC(O)C(O)C5O)CCC45CC35CCC21C)C(C)(C)O. The highest BCUT2D eigenvalue weighted by Gasteiger charge is 2.85. The molecule has 7 rings (SSSR count). The number of fused-ring (bicyclic) bond motifs is 4. The first-order valence-corrected chi connectivity index (χ1v) is 18.3. The Morgan fingerprint density at radius 1 is 1.00 bits per heavy atom. The Kier molecular flexibility index (Phi) is 8.19. The number of ketones is 1. The molecule has 5 saturated carbocycles. The number of rotatable bonds is 6. The lowest BCUT2D eigenvalue weighted by molar-refractivity contribution is -0.302. The highest BCUT2D eigenvalue weighted by molar-refractivity contribution is 5.93. The molecule has 2 spiro atoms. The van der Waals surface area contributed by atoms with Crippen LogP contribution in [-0.4, -0.2) is 105 Å². The number of aliphatic hydroxyl groups is 5. The smallest absolute Gasteiger partial charge is 0.303 e. The molecule has 16 unspecified atom stereocenters. The molecule has 16 atom stereocenters. The standard InChI is InChI=1S/C37H58O11/c1-18(39)46-30(33(4,5)44)21-14-19(15-38)25-28(47-21)29(43)35(7)23-9-8-22-32(2,3)24(48-31-27(42)26(41)20(40)16-45-31)10-11-36(22)17-37(23,36)13-12-34(25,35)6/h19-28,30-31,38,40-42,44H,8-17H2,1-7H3. The lowest BCUT2D eigenvalue weighted by Gasteiger charge is -2.62. The van der Waals surface area contributed by atoms with Crippen LogP contribution in [0.4, 0.5) is 0 Å². The van der Waals surface area contributed by atoms with E-state index < -0.39 is 59.9 Å². The van der Waals surface area contributed by atoms with Gasteiger partial charge in [0.15, 0.2) is 18.2 Å². The third kappa shape index (κ3) is 4.53. The predicted molar refractivity (Wildman–Crippen MR) is 171 cm³/mol. The van der Waals surface area contributed by atoms with Gasteiger partial charge in [0, 0.05) is 24.9 Å². The number of ether oxygens (including phenoxy) is 4. The van der Waals surface area contributed by atoms with Gasteiger partial charge in [0.05, 0.1) is 24.4 Å². The fourth-order valence-corrected chi connectivity index (χ4v) is 13.3. The van der Waals surface area contributed by atoms with Gasteiger partial charge in [0.25, 0.3) is 0 Å². The summed E-state index contributed by atoms with van der Waals surface area (Å²) in [5.74, 6) is -0.306. The number of hydrogen-bond acceptors (Lipinski definition) is 11. The number of esters is 1. The number of carbonyl (C=O) groups excluding carboxylic acids is 2. The van der Waals surface area contributed by atoms with E-state index in [9.17, 15) is 35.1 Å². The van der Waals surface area contributed by atoms with Crippen molar-refractivity contribution in [2.24, 2.45) is 50.7 Å². The van der Waals surface area contributed by atoms with Crippen molar-refractivity contribution < 1.29 is 54.1 Å². The average molecular weight is 679 g/mol. The van der Waals surface area contributed by atoms with Gasteiger partial charge >= 0.3 is 5.97 Å². The number of carbonyl (C=O) groups is 2. The lowest BCUT2D eigenvalue weighted by Crippen LogP contribution is -2.60. The summed E-state index contributed by atoms with van der Waals surface area (Å²) in [5.41, 5.74) is -2.56. The van der Waals surface area contributed by atoms with E-state index >= 15 is 0 Å². The maximum Gasteiger partial charge on any atom is 0.303 e. The molecule has 11 nitrogen and oxygen atoms in total. The Balaban J connectivity index is 1.16. The zero-order valence-electron chi connectivity index (χ0n) is 29.7. The highest BCUT2D eigenvalue weighted by atomic mass is 16.7. The fraction of sp³-hybridized carbons (Fsp3) is 0.946. The quantitative estimate of drug-likeness (QED) is 0.207. The molecule has 0 amide bonds. The van der Waals surface area contributed by atoms with Gasteiger partial charge in [-0.05, 0) is 105 Å². The van der Waals surface area contributed by atoms with Crippen LogP contribution in [0.3, 0.4) is 0 Å². The van der Waals surface area contributed by atoms with Crippen LogP contribution in [0, 0.1) is 50.7 Å². The summed E-state index contributed by atoms with van der Waals surface area (Å²) in [7, 11) is 0. The summed E-state index contributed by atoms with van der Waals surface area (Å²) in [6.07, 6.45) is -0.462. The minimum atomic E-state index is -1.40. The van der Waals surface area contributed by atoms with Gasteiger partial charge in [-0.15, -0.1) is 0 Å². The number of aliphatic hydroxyl groups excluding tert-OH is 4. The van der Waals surface area contributed by atoms with Crippen LogP contribution in [0.15, 0.2) is 0 Å². The zero-order chi connectivity index (χ0) is 35.0. The third-order valence-corrected chi connectivity index (χ3v) is 15.6. The zero-order valence-corrected chi connectivity index (χ0v) is 29.7. The van der Waals surface area contributed by atoms with Crippen molar-refractivity contribution in [2.75, 3.05) is 13.2 Å². The Bertz CT molecular complexity index is 1310. The highest BCUT2D eigenvalue weighted by Crippen LogP contribution is 2.89. The van der Waals surface area contributed by atoms with Gasteiger partial charge in [-0.2, -0.15) is 0 Å². The van der Waals surface area contributed by atoms with Gasteiger partial charge in [-0.1, -0.05) is 27.7 Å². The molecular formula is C37H58O11. The molecule has 272 valence electrons. The summed E-state index contributed by atoms with van der Waals surface area (Å²) < 4.78 is 24.3. The fourth-order valence-electron chi connectivity index (χ4n) is 13.3. The molecule has 0 radical (unpaired) electrons. The van der Waals surface area contributed by atoms with Crippen LogP contribution >= 0.6 is 0 Å². The molecular weight excluding hydrogens is 620 g/mol. The molecule has 7 fully saturated rings. The van der Waals surface area contributed by atoms with E-state index in [4.69, 9.17) is 18.9 Å². The molecule has 0 bridgehead atoms. The van der Waals surface area contributed by atoms with Crippen molar-refractivity contribution in [1.82, 2.24) is 0 Å². The molecule has 5 N–H and O–H groups in total. The second-order valence-corrected chi connectivity index (χ2v) is 18.4. The predicted octanol–water partition coefficient (Wildman–Crippen LogP) is 2.51. The largest absolute Gasteiger partial charge is 0.457 e. The molecule has 48 heavy (non-hydrogen) atoms. The molecule has 2 aliphatic heterocycles. The van der Waals surface area contributed by atoms with Crippen LogP contribution < -0.4 is 0 Å². The third-order valence-electron chi connectivity index (χ3n) is 15.6. The normalized spacial score (nSPS) is 53.0. The second kappa shape index (κ2) is 11.2. The van der Waals surface area contributed by atoms with Crippen molar-refractivity contribution >= 4 is 11.8 Å². The van der Waals surface area contributed by atoms with E-state index in [0.29, 0.717) is 12.3 Å². The maximum atomic E-state index is 15.0. The number of hydrogen-bond donors (Lipinski definition) is 5. The van der Waals surface area contributed by atoms with Crippen LogP contribution in [0.1, 0.15) is 99.8 Å². The summed E-state index contributed by atoms with van der Waals surface area (Å²) >= 11 is 0. The second-order valence-electron chi connectivity index (χ2n) is 18.4. The molecule has 0 aromatic carbocycles. The summed E-state index contributed by atoms with van der Waals surface area (Å²) in [6, 6.07) is 0. The summed E-state index contributed by atoms with van der Waals surface area (Å²) in [6.45, 7) is 13.2. The Hall–Kier alpha value is -1.18. The van der Waals surface area contributed by atoms with E-state index in [2.05, 4.69) is 27.7 Å². The van der Waals surface area contributed by atoms with Gasteiger partial charge < -0.3 is 44.5 Å². The average Bonchev–Trinajstić information content (AvgIpc) is 3.65. The van der Waals surface area contributed by atoms with Gasteiger partial charge in [0.2, 0.25) is 0 Å². The van der Waals surface area contributed by atoms with E-state index in [-0.39, 0.29) is 64.5 Å². The first kappa shape index (κ1) is 35.2. The van der Waals surface area contributed by atoms with E-state index in [1.807, 2.05) is 0 Å². The number of Topliss-reactive ketones (excluding diaryl/α,β-unsaturated/α-hetero) is 1. The van der Waals surface area contributed by atoms with Crippen molar-refractivity contribution in [3.05, 3.63) is 0 Å². The van der Waals surface area contributed by atoms with Crippen LogP contribution in [-0.2, 0) is 28.5 Å². The van der Waals surface area contributed by atoms with E-state index in [0.717, 1.165) is 44.9 Å². The molecule has 7 aliphatic rings. The Morgan fingerprint density at radius 2 is 1.67 bits per heavy atom. The molecule has 5 aliphatic carbocycles. The lowest BCUT2D eigenvalue weighted by atomic mass is 9.41. The Labute approximate surface area is 284 Å². The first-order chi connectivity index (χ1) is 22.3. The molecule has 2 saturated heterocycles. The topological polar surface area (TPSA) is 172 Å².